The van der Waals surface area contributed by atoms with E-state index in [0.29, 0.717) is 17.6 Å². The van der Waals surface area contributed by atoms with E-state index in [0.717, 1.165) is 0 Å². The Morgan fingerprint density at radius 3 is 2.88 bits per heavy atom. The highest BCUT2D eigenvalue weighted by Crippen LogP contribution is 2.37. The van der Waals surface area contributed by atoms with E-state index < -0.39 is 17.9 Å². The second-order valence-electron chi connectivity index (χ2n) is 3.27. The van der Waals surface area contributed by atoms with Gasteiger partial charge in [0.15, 0.2) is 0 Å². The van der Waals surface area contributed by atoms with E-state index in [1.165, 1.54) is 0 Å². The Labute approximate surface area is 90.5 Å². The average molecular weight is 217 g/mol. The lowest BCUT2D eigenvalue weighted by molar-refractivity contribution is -0.143. The van der Waals surface area contributed by atoms with Crippen LogP contribution in [0.3, 0.4) is 0 Å². The second-order valence-corrected chi connectivity index (χ2v) is 3.27. The van der Waals surface area contributed by atoms with Gasteiger partial charge in [-0.1, -0.05) is 23.3 Å². The van der Waals surface area contributed by atoms with Gasteiger partial charge in [-0.3, -0.25) is 4.79 Å². The molecule has 1 aliphatic heterocycles. The van der Waals surface area contributed by atoms with Crippen LogP contribution < -0.4 is 4.74 Å². The fourth-order valence-electron chi connectivity index (χ4n) is 1.64. The smallest absolute Gasteiger partial charge is 0.322 e. The number of esters is 1. The highest BCUT2D eigenvalue weighted by Gasteiger charge is 2.36. The molecule has 0 amide bonds. The molecule has 6 heteroatoms. The monoisotopic (exact) mass is 217 g/mol. The van der Waals surface area contributed by atoms with Gasteiger partial charge in [0.2, 0.25) is 0 Å². The van der Waals surface area contributed by atoms with Gasteiger partial charge in [0.05, 0.1) is 6.04 Å². The summed E-state index contributed by atoms with van der Waals surface area (Å²) >= 11 is 0. The minimum atomic E-state index is -1.06. The van der Waals surface area contributed by atoms with E-state index in [4.69, 9.17) is 10.3 Å². The molecule has 1 aromatic rings. The van der Waals surface area contributed by atoms with Crippen molar-refractivity contribution in [2.75, 3.05) is 0 Å². The highest BCUT2D eigenvalue weighted by molar-refractivity contribution is 5.92. The first-order valence-corrected chi connectivity index (χ1v) is 4.58. The first-order chi connectivity index (χ1) is 7.77. The lowest BCUT2D eigenvalue weighted by Crippen LogP contribution is -2.31. The van der Waals surface area contributed by atoms with Gasteiger partial charge >= 0.3 is 5.97 Å². The number of carbonyl (C=O) groups is 2. The molecule has 0 bridgehead atoms. The van der Waals surface area contributed by atoms with E-state index in [2.05, 4.69) is 10.0 Å². The molecule has 1 aliphatic rings. The van der Waals surface area contributed by atoms with Crippen LogP contribution in [-0.2, 0) is 9.59 Å². The molecule has 2 unspecified atom stereocenters. The van der Waals surface area contributed by atoms with E-state index in [1.807, 2.05) is 0 Å². The quantitative estimate of drug-likeness (QED) is 0.144. The largest absolute Gasteiger partial charge is 0.426 e. The third-order valence-corrected chi connectivity index (χ3v) is 2.38. The van der Waals surface area contributed by atoms with Gasteiger partial charge in [0.25, 0.3) is 0 Å². The molecule has 16 heavy (non-hydrogen) atoms. The van der Waals surface area contributed by atoms with Gasteiger partial charge in [0.1, 0.15) is 18.0 Å². The van der Waals surface area contributed by atoms with E-state index in [-0.39, 0.29) is 0 Å². The number of nitrogens with zero attached hydrogens (tertiary/aromatic N) is 3. The molecule has 6 nitrogen and oxygen atoms in total. The molecule has 1 aromatic carbocycles. The zero-order valence-electron chi connectivity index (χ0n) is 8.11. The van der Waals surface area contributed by atoms with Crippen LogP contribution in [0.25, 0.3) is 10.4 Å². The molecule has 0 spiro atoms. The normalized spacial score (nSPS) is 22.6. The summed E-state index contributed by atoms with van der Waals surface area (Å²) in [4.78, 5) is 24.9. The summed E-state index contributed by atoms with van der Waals surface area (Å²) < 4.78 is 4.96. The van der Waals surface area contributed by atoms with E-state index in [1.54, 1.807) is 24.3 Å². The zero-order chi connectivity index (χ0) is 11.5. The Morgan fingerprint density at radius 2 is 2.19 bits per heavy atom. The molecular formula is C10H7N3O3. The number of benzene rings is 1. The van der Waals surface area contributed by atoms with Crippen LogP contribution >= 0.6 is 0 Å². The summed E-state index contributed by atoms with van der Waals surface area (Å²) in [5.41, 5.74) is 8.99. The van der Waals surface area contributed by atoms with Crippen LogP contribution in [0, 0.1) is 5.92 Å². The Hall–Kier alpha value is -2.33. The number of azide groups is 1. The van der Waals surface area contributed by atoms with E-state index >= 15 is 0 Å². The summed E-state index contributed by atoms with van der Waals surface area (Å²) in [7, 11) is 0. The standard InChI is InChI=1S/C10H7N3O3/c11-13-12-9-6-3-1-2-4-8(6)16-10(15)7(9)5-14/h1-5,7,9H. The number of rotatable bonds is 2. The second kappa shape index (κ2) is 4.04. The van der Waals surface area contributed by atoms with Crippen molar-refractivity contribution in [3.8, 4) is 5.75 Å². The van der Waals surface area contributed by atoms with Crippen LogP contribution in [0.1, 0.15) is 11.6 Å². The summed E-state index contributed by atoms with van der Waals surface area (Å²) in [5.74, 6) is -1.42. The molecule has 0 aromatic heterocycles. The average Bonchev–Trinajstić information content (AvgIpc) is 2.29. The SMILES string of the molecule is [N-]=[N+]=NC1c2ccccc2OC(=O)C1C=O. The maximum atomic E-state index is 11.4. The van der Waals surface area contributed by atoms with Gasteiger partial charge in [0, 0.05) is 10.5 Å². The minimum absolute atomic E-state index is 0.336. The lowest BCUT2D eigenvalue weighted by atomic mass is 9.92. The molecule has 0 radical (unpaired) electrons. The summed E-state index contributed by atoms with van der Waals surface area (Å²) in [6.07, 6.45) is 0.442. The van der Waals surface area contributed by atoms with Crippen molar-refractivity contribution >= 4 is 12.3 Å². The topological polar surface area (TPSA) is 92.1 Å². The minimum Gasteiger partial charge on any atom is -0.426 e. The molecule has 0 saturated carbocycles. The number of ether oxygens (including phenoxy) is 1. The number of hydrogen-bond acceptors (Lipinski definition) is 4. The van der Waals surface area contributed by atoms with Crippen molar-refractivity contribution in [3.05, 3.63) is 40.3 Å². The number of fused-ring (bicyclic) bond motifs is 1. The lowest BCUT2D eigenvalue weighted by Gasteiger charge is -2.25. The van der Waals surface area contributed by atoms with Crippen molar-refractivity contribution in [3.63, 3.8) is 0 Å². The Morgan fingerprint density at radius 1 is 1.44 bits per heavy atom. The predicted molar refractivity (Wildman–Crippen MR) is 53.5 cm³/mol. The molecule has 0 aliphatic carbocycles. The molecule has 0 fully saturated rings. The fraction of sp³-hybridized carbons (Fsp3) is 0.200. The number of hydrogen-bond donors (Lipinski definition) is 0. The third-order valence-electron chi connectivity index (χ3n) is 2.38. The van der Waals surface area contributed by atoms with Crippen LogP contribution in [0.5, 0.6) is 5.75 Å². The van der Waals surface area contributed by atoms with Crippen LogP contribution in [-0.4, -0.2) is 12.3 Å². The molecule has 2 rings (SSSR count). The molecule has 1 heterocycles. The molecule has 0 saturated heterocycles. The van der Waals surface area contributed by atoms with Gasteiger partial charge in [-0.2, -0.15) is 0 Å². The van der Waals surface area contributed by atoms with Crippen LogP contribution in [0.15, 0.2) is 29.4 Å². The predicted octanol–water partition coefficient (Wildman–Crippen LogP) is 1.77. The van der Waals surface area contributed by atoms with Gasteiger partial charge in [-0.05, 0) is 11.6 Å². The van der Waals surface area contributed by atoms with Crippen LogP contribution in [0.2, 0.25) is 0 Å². The van der Waals surface area contributed by atoms with Crippen molar-refractivity contribution in [2.24, 2.45) is 11.0 Å². The van der Waals surface area contributed by atoms with Crippen molar-refractivity contribution in [1.82, 2.24) is 0 Å². The fourth-order valence-corrected chi connectivity index (χ4v) is 1.64. The Bertz CT molecular complexity index is 494. The molecule has 0 N–H and O–H groups in total. The summed E-state index contributed by atoms with van der Waals surface area (Å²) in [5, 5.41) is 3.48. The zero-order valence-corrected chi connectivity index (χ0v) is 8.11. The van der Waals surface area contributed by atoms with Gasteiger partial charge in [-0.25, -0.2) is 0 Å². The molecule has 2 atom stereocenters. The number of para-hydroxylation sites is 1. The third kappa shape index (κ3) is 1.51. The number of carbonyl (C=O) groups excluding carboxylic acids is 2. The highest BCUT2D eigenvalue weighted by atomic mass is 16.5. The van der Waals surface area contributed by atoms with Crippen molar-refractivity contribution < 1.29 is 14.3 Å². The Balaban J connectivity index is 2.56. The van der Waals surface area contributed by atoms with Gasteiger partial charge < -0.3 is 9.53 Å². The Kier molecular flexibility index (Phi) is 2.57. The van der Waals surface area contributed by atoms with Crippen LogP contribution in [0.4, 0.5) is 0 Å². The summed E-state index contributed by atoms with van der Waals surface area (Å²) in [6, 6.07) is 5.85. The van der Waals surface area contributed by atoms with Crippen molar-refractivity contribution in [2.45, 2.75) is 6.04 Å². The number of aldehydes is 1. The first-order valence-electron chi connectivity index (χ1n) is 4.58. The van der Waals surface area contributed by atoms with E-state index in [9.17, 15) is 9.59 Å². The summed E-state index contributed by atoms with van der Waals surface area (Å²) in [6.45, 7) is 0. The molecular weight excluding hydrogens is 210 g/mol. The molecule has 80 valence electrons. The first kappa shape index (κ1) is 10.2. The van der Waals surface area contributed by atoms with Gasteiger partial charge in [-0.15, -0.1) is 0 Å². The maximum Gasteiger partial charge on any atom is 0.322 e. The maximum absolute atomic E-state index is 11.4. The van der Waals surface area contributed by atoms with Crippen molar-refractivity contribution in [1.29, 1.82) is 0 Å².